The van der Waals surface area contributed by atoms with E-state index in [4.69, 9.17) is 23.7 Å². The maximum Gasteiger partial charge on any atom is 0.282 e. The maximum absolute atomic E-state index is 12.4. The lowest BCUT2D eigenvalue weighted by atomic mass is 10.1. The molecule has 1 amide bonds. The van der Waals surface area contributed by atoms with Gasteiger partial charge in [0.25, 0.3) is 5.91 Å². The monoisotopic (exact) mass is 335 g/mol. The van der Waals surface area contributed by atoms with E-state index in [9.17, 15) is 4.79 Å². The summed E-state index contributed by atoms with van der Waals surface area (Å²) in [6, 6.07) is 1.94. The summed E-state index contributed by atoms with van der Waals surface area (Å²) in [6.45, 7) is 7.75. The highest BCUT2D eigenvalue weighted by Crippen LogP contribution is 2.34. The van der Waals surface area contributed by atoms with Gasteiger partial charge >= 0.3 is 0 Å². The highest BCUT2D eigenvalue weighted by atomic mass is 32.1. The zero-order chi connectivity index (χ0) is 16.4. The molecule has 2 aromatic rings. The molecule has 0 fully saturated rings. The van der Waals surface area contributed by atoms with Crippen LogP contribution in [0.3, 0.4) is 0 Å². The fourth-order valence-electron chi connectivity index (χ4n) is 2.13. The minimum atomic E-state index is -0.368. The zero-order valence-electron chi connectivity index (χ0n) is 12.3. The predicted molar refractivity (Wildman–Crippen MR) is 94.7 cm³/mol. The van der Waals surface area contributed by atoms with Crippen molar-refractivity contribution in [3.63, 3.8) is 0 Å². The first kappa shape index (κ1) is 16.2. The van der Waals surface area contributed by atoms with Crippen molar-refractivity contribution in [3.8, 4) is 0 Å². The molecule has 0 bridgehead atoms. The molecule has 0 radical (unpaired) electrons. The van der Waals surface area contributed by atoms with Crippen molar-refractivity contribution in [1.82, 2.24) is 15.4 Å². The van der Waals surface area contributed by atoms with Crippen LogP contribution in [0.25, 0.3) is 10.2 Å². The summed E-state index contributed by atoms with van der Waals surface area (Å²) in [5.41, 5.74) is 16.6. The summed E-state index contributed by atoms with van der Waals surface area (Å²) in [4.78, 5) is 18.0. The van der Waals surface area contributed by atoms with Crippen LogP contribution >= 0.6 is 23.6 Å². The highest BCUT2D eigenvalue weighted by Gasteiger charge is 2.20. The molecule has 0 aliphatic carbocycles. The molecule has 5 N–H and O–H groups in total. The number of nitrogens with zero attached hydrogens (tertiary/aromatic N) is 2. The standard InChI is InChI=1S/C14H17N5OS2/c1-4-5-19(14(16)21)18-12(20)11-10(15)9-7(2)6-8(3)17-13(9)22-11/h4,6H,1,5,15H2,2-3H3,(H2,16,21)(H,18,20). The van der Waals surface area contributed by atoms with Crippen molar-refractivity contribution in [2.45, 2.75) is 13.8 Å². The highest BCUT2D eigenvalue weighted by molar-refractivity contribution is 7.80. The van der Waals surface area contributed by atoms with Crippen LogP contribution in [0.15, 0.2) is 18.7 Å². The van der Waals surface area contributed by atoms with Crippen LogP contribution < -0.4 is 16.9 Å². The molecule has 2 heterocycles. The lowest BCUT2D eigenvalue weighted by Crippen LogP contribution is -2.48. The lowest BCUT2D eigenvalue weighted by Gasteiger charge is -2.21. The number of anilines is 1. The van der Waals surface area contributed by atoms with E-state index in [2.05, 4.69) is 17.0 Å². The van der Waals surface area contributed by atoms with Gasteiger partial charge in [0.2, 0.25) is 0 Å². The van der Waals surface area contributed by atoms with E-state index in [-0.39, 0.29) is 11.0 Å². The van der Waals surface area contributed by atoms with Crippen LogP contribution in [0.1, 0.15) is 20.9 Å². The molecular weight excluding hydrogens is 318 g/mol. The van der Waals surface area contributed by atoms with E-state index >= 15 is 0 Å². The molecule has 0 aromatic carbocycles. The second-order valence-corrected chi connectivity index (χ2v) is 6.20. The summed E-state index contributed by atoms with van der Waals surface area (Å²) in [7, 11) is 0. The number of nitrogens with one attached hydrogen (secondary N) is 1. The molecule has 0 saturated carbocycles. The van der Waals surface area contributed by atoms with Gasteiger partial charge in [0.1, 0.15) is 9.71 Å². The first-order valence-corrected chi connectivity index (χ1v) is 7.72. The number of pyridine rings is 1. The number of thiocarbonyl (C=S) groups is 1. The Morgan fingerprint density at radius 3 is 2.86 bits per heavy atom. The van der Waals surface area contributed by atoms with Crippen molar-refractivity contribution >= 4 is 50.5 Å². The van der Waals surface area contributed by atoms with Crippen molar-refractivity contribution in [2.75, 3.05) is 12.3 Å². The van der Waals surface area contributed by atoms with Crippen molar-refractivity contribution in [2.24, 2.45) is 5.73 Å². The number of nitrogens with two attached hydrogens (primary N) is 2. The number of hydrogen-bond donors (Lipinski definition) is 3. The van der Waals surface area contributed by atoms with E-state index in [0.29, 0.717) is 17.1 Å². The zero-order valence-corrected chi connectivity index (χ0v) is 14.0. The minimum Gasteiger partial charge on any atom is -0.397 e. The van der Waals surface area contributed by atoms with E-state index in [0.717, 1.165) is 21.5 Å². The normalized spacial score (nSPS) is 10.5. The molecule has 0 aliphatic heterocycles. The number of aromatic nitrogens is 1. The largest absolute Gasteiger partial charge is 0.397 e. The molecule has 2 aromatic heterocycles. The fourth-order valence-corrected chi connectivity index (χ4v) is 3.36. The second-order valence-electron chi connectivity index (χ2n) is 4.78. The third kappa shape index (κ3) is 3.02. The van der Waals surface area contributed by atoms with Crippen LogP contribution in [-0.4, -0.2) is 27.6 Å². The third-order valence-electron chi connectivity index (χ3n) is 3.04. The molecule has 22 heavy (non-hydrogen) atoms. The Kier molecular flexibility index (Phi) is 4.62. The van der Waals surface area contributed by atoms with Crippen LogP contribution in [0.2, 0.25) is 0 Å². The van der Waals surface area contributed by atoms with Crippen molar-refractivity contribution in [1.29, 1.82) is 0 Å². The summed E-state index contributed by atoms with van der Waals surface area (Å²) in [5.74, 6) is -0.368. The number of thiophene rings is 1. The summed E-state index contributed by atoms with van der Waals surface area (Å²) >= 11 is 6.13. The molecule has 6 nitrogen and oxygen atoms in total. The number of nitrogen functional groups attached to an aromatic ring is 1. The van der Waals surface area contributed by atoms with Gasteiger partial charge in [0.15, 0.2) is 5.11 Å². The van der Waals surface area contributed by atoms with Crippen molar-refractivity contribution < 1.29 is 4.79 Å². The Bertz CT molecular complexity index is 768. The van der Waals surface area contributed by atoms with Crippen LogP contribution in [0, 0.1) is 13.8 Å². The lowest BCUT2D eigenvalue weighted by molar-refractivity contribution is 0.0884. The number of rotatable bonds is 3. The number of carbonyl (C=O) groups excluding carboxylic acids is 1. The summed E-state index contributed by atoms with van der Waals surface area (Å²) < 4.78 is 0. The van der Waals surface area contributed by atoms with Crippen molar-refractivity contribution in [3.05, 3.63) is 34.9 Å². The first-order valence-electron chi connectivity index (χ1n) is 6.50. The van der Waals surface area contributed by atoms with Gasteiger partial charge in [0, 0.05) is 11.1 Å². The fraction of sp³-hybridized carbons (Fsp3) is 0.214. The smallest absolute Gasteiger partial charge is 0.282 e. The van der Waals surface area contributed by atoms with E-state index in [1.807, 2.05) is 19.9 Å². The average molecular weight is 335 g/mol. The predicted octanol–water partition coefficient (Wildman–Crippen LogP) is 1.87. The number of hydrogen-bond acceptors (Lipinski definition) is 5. The Hall–Kier alpha value is -2.19. The molecule has 0 unspecified atom stereocenters. The van der Waals surface area contributed by atoms with Gasteiger partial charge in [-0.05, 0) is 37.7 Å². The number of aryl methyl sites for hydroxylation is 2. The van der Waals surface area contributed by atoms with Crippen LogP contribution in [0.4, 0.5) is 5.69 Å². The SMILES string of the molecule is C=CCN(NC(=O)c1sc2nc(C)cc(C)c2c1N)C(N)=S. The molecule has 0 aliphatic rings. The van der Waals surface area contributed by atoms with Gasteiger partial charge in [-0.1, -0.05) is 6.08 Å². The molecule has 0 saturated heterocycles. The Morgan fingerprint density at radius 1 is 1.59 bits per heavy atom. The van der Waals surface area contributed by atoms with Gasteiger partial charge in [-0.2, -0.15) is 0 Å². The van der Waals surface area contributed by atoms with Gasteiger partial charge in [-0.3, -0.25) is 15.2 Å². The minimum absolute atomic E-state index is 0.0538. The van der Waals surface area contributed by atoms with E-state index in [1.165, 1.54) is 16.3 Å². The third-order valence-corrected chi connectivity index (χ3v) is 4.36. The quantitative estimate of drug-likeness (QED) is 0.450. The molecule has 116 valence electrons. The van der Waals surface area contributed by atoms with Gasteiger partial charge < -0.3 is 11.5 Å². The van der Waals surface area contributed by atoms with Gasteiger partial charge in [-0.25, -0.2) is 4.98 Å². The van der Waals surface area contributed by atoms with E-state index < -0.39 is 0 Å². The topological polar surface area (TPSA) is 97.3 Å². The number of hydrazine groups is 1. The Balaban J connectivity index is 2.40. The molecule has 0 atom stereocenters. The molecule has 8 heteroatoms. The molecule has 0 spiro atoms. The Morgan fingerprint density at radius 2 is 2.27 bits per heavy atom. The number of amides is 1. The Labute approximate surface area is 137 Å². The van der Waals surface area contributed by atoms with E-state index in [1.54, 1.807) is 6.08 Å². The van der Waals surface area contributed by atoms with Gasteiger partial charge in [-0.15, -0.1) is 17.9 Å². The second kappa shape index (κ2) is 6.29. The molecule has 2 rings (SSSR count). The number of fused-ring (bicyclic) bond motifs is 1. The van der Waals surface area contributed by atoms with Gasteiger partial charge in [0.05, 0.1) is 12.2 Å². The first-order chi connectivity index (χ1) is 10.3. The van der Waals surface area contributed by atoms with Crippen LogP contribution in [-0.2, 0) is 0 Å². The number of carbonyl (C=O) groups is 1. The maximum atomic E-state index is 12.4. The summed E-state index contributed by atoms with van der Waals surface area (Å²) in [5, 5.41) is 2.20. The average Bonchev–Trinajstić information content (AvgIpc) is 2.75. The van der Waals surface area contributed by atoms with Crippen LogP contribution in [0.5, 0.6) is 0 Å². The summed E-state index contributed by atoms with van der Waals surface area (Å²) in [6.07, 6.45) is 1.59. The molecular formula is C14H17N5OS2.